The molecule has 1 aromatic carbocycles. The van der Waals surface area contributed by atoms with Crippen LogP contribution in [0.1, 0.15) is 28.5 Å². The Balaban J connectivity index is 2.00. The number of carbonyl (C=O) groups excluding carboxylic acids is 1. The normalized spacial score (nSPS) is 10.8. The molecular weight excluding hydrogens is 389 g/mol. The summed E-state index contributed by atoms with van der Waals surface area (Å²) in [5.41, 5.74) is 0.785. The minimum absolute atomic E-state index is 0.0830. The molecule has 0 atom stereocenters. The van der Waals surface area contributed by atoms with Crippen LogP contribution in [-0.4, -0.2) is 32.8 Å². The predicted molar refractivity (Wildman–Crippen MR) is 102 cm³/mol. The van der Waals surface area contributed by atoms with E-state index in [1.807, 2.05) is 6.92 Å². The summed E-state index contributed by atoms with van der Waals surface area (Å²) >= 11 is 5.74. The maximum absolute atomic E-state index is 13.3. The van der Waals surface area contributed by atoms with E-state index in [9.17, 15) is 14.0 Å². The van der Waals surface area contributed by atoms with E-state index in [0.717, 1.165) is 6.07 Å². The van der Waals surface area contributed by atoms with Crippen molar-refractivity contribution in [2.75, 3.05) is 12.4 Å². The number of nitrogens with zero attached hydrogens (tertiary/aromatic N) is 3. The molecule has 0 radical (unpaired) electrons. The largest absolute Gasteiger partial charge is 0.481 e. The number of aryl methyl sites for hydroxylation is 1. The van der Waals surface area contributed by atoms with Gasteiger partial charge in [-0.1, -0.05) is 18.5 Å². The molecule has 0 aliphatic rings. The highest BCUT2D eigenvalue weighted by Gasteiger charge is 2.17. The Morgan fingerprint density at radius 1 is 1.39 bits per heavy atom. The van der Waals surface area contributed by atoms with Gasteiger partial charge >= 0.3 is 0 Å². The predicted octanol–water partition coefficient (Wildman–Crippen LogP) is 2.88. The second kappa shape index (κ2) is 7.81. The summed E-state index contributed by atoms with van der Waals surface area (Å²) in [6.07, 6.45) is 0.443. The number of H-pyrrole nitrogens is 1. The number of nitrogens with one attached hydrogen (secondary N) is 2. The molecule has 2 aromatic heterocycles. The van der Waals surface area contributed by atoms with E-state index < -0.39 is 11.7 Å². The Morgan fingerprint density at radius 2 is 2.14 bits per heavy atom. The molecule has 8 nitrogen and oxygen atoms in total. The van der Waals surface area contributed by atoms with E-state index in [-0.39, 0.29) is 33.8 Å². The van der Waals surface area contributed by atoms with Gasteiger partial charge in [-0.3, -0.25) is 14.6 Å². The van der Waals surface area contributed by atoms with Crippen molar-refractivity contribution in [3.8, 4) is 11.8 Å². The van der Waals surface area contributed by atoms with Crippen molar-refractivity contribution >= 4 is 23.3 Å². The van der Waals surface area contributed by atoms with Crippen LogP contribution in [0, 0.1) is 12.7 Å². The second-order valence-corrected chi connectivity index (χ2v) is 6.30. The average Bonchev–Trinajstić information content (AvgIpc) is 3.03. The highest BCUT2D eigenvalue weighted by atomic mass is 35.5. The van der Waals surface area contributed by atoms with Crippen molar-refractivity contribution in [2.24, 2.45) is 0 Å². The lowest BCUT2D eigenvalue weighted by Crippen LogP contribution is -2.21. The number of hydrogen-bond acceptors (Lipinski definition) is 5. The van der Waals surface area contributed by atoms with Gasteiger partial charge in [0.1, 0.15) is 11.6 Å². The molecule has 1 amide bonds. The SMILES string of the molecule is CCc1c(OC)nc(-n2nc(C)cc2NC(=O)c2ccc(F)c(Cl)c2)[nH]c1=O. The molecule has 3 rings (SSSR count). The molecule has 2 heterocycles. The average molecular weight is 406 g/mol. The van der Waals surface area contributed by atoms with Crippen LogP contribution < -0.4 is 15.6 Å². The van der Waals surface area contributed by atoms with Gasteiger partial charge in [-0.15, -0.1) is 0 Å². The molecule has 0 fully saturated rings. The summed E-state index contributed by atoms with van der Waals surface area (Å²) in [5.74, 6) is -0.625. The highest BCUT2D eigenvalue weighted by Crippen LogP contribution is 2.20. The molecule has 2 N–H and O–H groups in total. The first kappa shape index (κ1) is 19.6. The van der Waals surface area contributed by atoms with Gasteiger partial charge in [0.2, 0.25) is 11.8 Å². The number of aromatic nitrogens is 4. The van der Waals surface area contributed by atoms with E-state index >= 15 is 0 Å². The van der Waals surface area contributed by atoms with Crippen molar-refractivity contribution in [2.45, 2.75) is 20.3 Å². The van der Waals surface area contributed by atoms with E-state index in [0.29, 0.717) is 17.7 Å². The number of aromatic amines is 1. The van der Waals surface area contributed by atoms with Gasteiger partial charge in [-0.05, 0) is 31.5 Å². The van der Waals surface area contributed by atoms with Crippen LogP contribution >= 0.6 is 11.6 Å². The third-order valence-corrected chi connectivity index (χ3v) is 4.26. The zero-order valence-electron chi connectivity index (χ0n) is 15.3. The van der Waals surface area contributed by atoms with Crippen molar-refractivity contribution < 1.29 is 13.9 Å². The lowest BCUT2D eigenvalue weighted by molar-refractivity contribution is 0.102. The van der Waals surface area contributed by atoms with Crippen LogP contribution in [0.2, 0.25) is 5.02 Å². The van der Waals surface area contributed by atoms with Gasteiger partial charge in [0.25, 0.3) is 11.5 Å². The number of amides is 1. The number of benzene rings is 1. The van der Waals surface area contributed by atoms with Gasteiger partial charge in [0.05, 0.1) is 23.4 Å². The number of halogens is 2. The topological polar surface area (TPSA) is 102 Å². The fourth-order valence-electron chi connectivity index (χ4n) is 2.62. The fourth-order valence-corrected chi connectivity index (χ4v) is 2.80. The standard InChI is InChI=1S/C18H17ClFN5O3/c1-4-11-16(27)22-18(23-17(11)28-3)25-14(7-9(2)24-25)21-15(26)10-5-6-13(20)12(19)8-10/h5-8H,4H2,1-3H3,(H,21,26)(H,22,23,27). The van der Waals surface area contributed by atoms with E-state index in [4.69, 9.17) is 16.3 Å². The summed E-state index contributed by atoms with van der Waals surface area (Å²) in [6.45, 7) is 3.53. The summed E-state index contributed by atoms with van der Waals surface area (Å²) in [7, 11) is 1.42. The molecular formula is C18H17ClFN5O3. The third kappa shape index (κ3) is 3.74. The monoisotopic (exact) mass is 405 g/mol. The van der Waals surface area contributed by atoms with Crippen LogP contribution in [0.25, 0.3) is 5.95 Å². The smallest absolute Gasteiger partial charge is 0.259 e. The van der Waals surface area contributed by atoms with Crippen molar-refractivity contribution in [3.05, 3.63) is 62.3 Å². The molecule has 0 bridgehead atoms. The van der Waals surface area contributed by atoms with Crippen LogP contribution in [-0.2, 0) is 6.42 Å². The highest BCUT2D eigenvalue weighted by molar-refractivity contribution is 6.31. The Bertz CT molecular complexity index is 1110. The molecule has 0 saturated carbocycles. The summed E-state index contributed by atoms with van der Waals surface area (Å²) in [6, 6.07) is 5.23. The number of carbonyl (C=O) groups is 1. The van der Waals surface area contributed by atoms with Crippen molar-refractivity contribution in [1.82, 2.24) is 19.7 Å². The number of ether oxygens (including phenoxy) is 1. The lowest BCUT2D eigenvalue weighted by Gasteiger charge is -2.11. The fraction of sp³-hybridized carbons (Fsp3) is 0.222. The maximum atomic E-state index is 13.3. The third-order valence-electron chi connectivity index (χ3n) is 3.97. The minimum atomic E-state index is -0.621. The van der Waals surface area contributed by atoms with Crippen molar-refractivity contribution in [1.29, 1.82) is 0 Å². The first-order valence-corrected chi connectivity index (χ1v) is 8.72. The summed E-state index contributed by atoms with van der Waals surface area (Å²) in [5, 5.41) is 6.75. The molecule has 0 unspecified atom stereocenters. The van der Waals surface area contributed by atoms with Gasteiger partial charge in [0, 0.05) is 11.6 Å². The first-order chi connectivity index (χ1) is 13.3. The molecule has 146 valence electrons. The Labute approximate surface area is 164 Å². The Kier molecular flexibility index (Phi) is 5.46. The number of anilines is 1. The molecule has 28 heavy (non-hydrogen) atoms. The number of methoxy groups -OCH3 is 1. The van der Waals surface area contributed by atoms with E-state index in [1.54, 1.807) is 13.0 Å². The van der Waals surface area contributed by atoms with Gasteiger partial charge in [-0.25, -0.2) is 4.39 Å². The number of hydrogen-bond donors (Lipinski definition) is 2. The molecule has 0 aliphatic carbocycles. The van der Waals surface area contributed by atoms with Crippen molar-refractivity contribution in [3.63, 3.8) is 0 Å². The van der Waals surface area contributed by atoms with Gasteiger partial charge in [0.15, 0.2) is 0 Å². The molecule has 10 heteroatoms. The van der Waals surface area contributed by atoms with Gasteiger partial charge < -0.3 is 10.1 Å². The van der Waals surface area contributed by atoms with Crippen LogP contribution in [0.4, 0.5) is 10.2 Å². The van der Waals surface area contributed by atoms with Crippen LogP contribution in [0.3, 0.4) is 0 Å². The summed E-state index contributed by atoms with van der Waals surface area (Å²) < 4.78 is 19.8. The number of rotatable bonds is 5. The lowest BCUT2D eigenvalue weighted by atomic mass is 10.2. The molecule has 0 saturated heterocycles. The second-order valence-electron chi connectivity index (χ2n) is 5.90. The first-order valence-electron chi connectivity index (χ1n) is 8.34. The van der Waals surface area contributed by atoms with E-state index in [2.05, 4.69) is 20.4 Å². The quantitative estimate of drug-likeness (QED) is 0.679. The minimum Gasteiger partial charge on any atom is -0.481 e. The van der Waals surface area contributed by atoms with Crippen LogP contribution in [0.15, 0.2) is 29.1 Å². The molecule has 0 aliphatic heterocycles. The van der Waals surface area contributed by atoms with Crippen LogP contribution in [0.5, 0.6) is 5.88 Å². The van der Waals surface area contributed by atoms with Gasteiger partial charge in [-0.2, -0.15) is 14.8 Å². The zero-order valence-corrected chi connectivity index (χ0v) is 16.1. The zero-order chi connectivity index (χ0) is 20.4. The molecule has 3 aromatic rings. The summed E-state index contributed by atoms with van der Waals surface area (Å²) in [4.78, 5) is 31.7. The van der Waals surface area contributed by atoms with E-state index in [1.165, 1.54) is 23.9 Å². The Hall–Kier alpha value is -3.20. The maximum Gasteiger partial charge on any atom is 0.259 e. The molecule has 0 spiro atoms. The Morgan fingerprint density at radius 3 is 2.79 bits per heavy atom.